The Balaban J connectivity index is 1.77. The number of hydrogen-bond donors (Lipinski definition) is 0. The highest BCUT2D eigenvalue weighted by Crippen LogP contribution is 2.63. The standard InChI is InChI=1S/C20H25NO4/c1-4-24-15-10-13(22)19-20-7-8-21(2)12(17(15)20)9-11-5-6-14(23-3)18(25-19)16(11)20/h5-6,12,15,17,19H,4,7-10H2,1-3H3/t12?,15-,17?,19-,20?/m0/s1. The Bertz CT molecular complexity index is 747. The summed E-state index contributed by atoms with van der Waals surface area (Å²) in [6.07, 6.45) is 1.99. The number of nitrogens with zero attached hydrogens (tertiary/aromatic N) is 1. The van der Waals surface area contributed by atoms with Crippen molar-refractivity contribution < 1.29 is 19.0 Å². The van der Waals surface area contributed by atoms with Crippen molar-refractivity contribution in [2.45, 2.75) is 49.9 Å². The number of likely N-dealkylation sites (tertiary alicyclic amines) is 1. The molecule has 0 aromatic heterocycles. The van der Waals surface area contributed by atoms with Crippen molar-refractivity contribution in [3.63, 3.8) is 0 Å². The maximum absolute atomic E-state index is 13.0. The number of Topliss-reactive ketones (excluding diaryl/α,β-unsaturated/α-hetero) is 1. The first kappa shape index (κ1) is 15.6. The number of carbonyl (C=O) groups excluding carboxylic acids is 1. The van der Waals surface area contributed by atoms with Gasteiger partial charge in [0.25, 0.3) is 0 Å². The summed E-state index contributed by atoms with van der Waals surface area (Å²) < 4.78 is 18.0. The number of piperidine rings is 1. The first-order valence-corrected chi connectivity index (χ1v) is 9.33. The lowest BCUT2D eigenvalue weighted by atomic mass is 9.51. The highest BCUT2D eigenvalue weighted by Gasteiger charge is 2.68. The predicted molar refractivity (Wildman–Crippen MR) is 92.4 cm³/mol. The highest BCUT2D eigenvalue weighted by molar-refractivity contribution is 5.89. The predicted octanol–water partition coefficient (Wildman–Crippen LogP) is 1.95. The molecule has 2 aliphatic heterocycles. The van der Waals surface area contributed by atoms with Gasteiger partial charge in [-0.1, -0.05) is 6.07 Å². The zero-order valence-corrected chi connectivity index (χ0v) is 15.1. The molecule has 2 fully saturated rings. The summed E-state index contributed by atoms with van der Waals surface area (Å²) in [6.45, 7) is 3.65. The van der Waals surface area contributed by atoms with E-state index in [9.17, 15) is 4.79 Å². The Labute approximate surface area is 148 Å². The molecule has 3 unspecified atom stereocenters. The van der Waals surface area contributed by atoms with Crippen LogP contribution < -0.4 is 9.47 Å². The Kier molecular flexibility index (Phi) is 3.26. The summed E-state index contributed by atoms with van der Waals surface area (Å²) in [4.78, 5) is 15.5. The van der Waals surface area contributed by atoms with Crippen LogP contribution in [-0.4, -0.2) is 56.2 Å². The van der Waals surface area contributed by atoms with Gasteiger partial charge in [-0.25, -0.2) is 0 Å². The molecule has 1 aromatic carbocycles. The van der Waals surface area contributed by atoms with Crippen LogP contribution in [0.2, 0.25) is 0 Å². The summed E-state index contributed by atoms with van der Waals surface area (Å²) >= 11 is 0. The van der Waals surface area contributed by atoms with Crippen LogP contribution in [0.1, 0.15) is 30.9 Å². The Hall–Kier alpha value is -1.59. The number of hydrogen-bond acceptors (Lipinski definition) is 5. The second-order valence-electron chi connectivity index (χ2n) is 7.86. The molecule has 2 heterocycles. The van der Waals surface area contributed by atoms with E-state index in [1.807, 2.05) is 13.0 Å². The van der Waals surface area contributed by atoms with E-state index in [-0.39, 0.29) is 23.4 Å². The van der Waals surface area contributed by atoms with Gasteiger partial charge in [0.2, 0.25) is 0 Å². The summed E-state index contributed by atoms with van der Waals surface area (Å²) in [5, 5.41) is 0. The van der Waals surface area contributed by atoms with E-state index in [1.54, 1.807) is 7.11 Å². The van der Waals surface area contributed by atoms with Crippen LogP contribution in [0, 0.1) is 5.92 Å². The van der Waals surface area contributed by atoms with Gasteiger partial charge >= 0.3 is 0 Å². The second kappa shape index (κ2) is 5.21. The molecule has 2 aliphatic carbocycles. The molecule has 1 saturated carbocycles. The molecule has 5 heteroatoms. The number of ketones is 1. The van der Waals surface area contributed by atoms with Crippen molar-refractivity contribution in [2.24, 2.45) is 5.92 Å². The number of benzene rings is 1. The minimum absolute atomic E-state index is 0.0181. The maximum Gasteiger partial charge on any atom is 0.176 e. The molecule has 0 N–H and O–H groups in total. The van der Waals surface area contributed by atoms with E-state index >= 15 is 0 Å². The number of likely N-dealkylation sites (N-methyl/N-ethyl adjacent to an activating group) is 1. The van der Waals surface area contributed by atoms with Crippen LogP contribution >= 0.6 is 0 Å². The number of ether oxygens (including phenoxy) is 3. The summed E-state index contributed by atoms with van der Waals surface area (Å²) in [5.74, 6) is 2.04. The molecule has 1 aromatic rings. The van der Waals surface area contributed by atoms with E-state index < -0.39 is 0 Å². The van der Waals surface area contributed by atoms with Gasteiger partial charge in [-0.15, -0.1) is 0 Å². The molecule has 5 rings (SSSR count). The lowest BCUT2D eigenvalue weighted by molar-refractivity contribution is -0.157. The molecule has 25 heavy (non-hydrogen) atoms. The van der Waals surface area contributed by atoms with Crippen molar-refractivity contribution in [3.8, 4) is 11.5 Å². The monoisotopic (exact) mass is 343 g/mol. The van der Waals surface area contributed by atoms with Crippen LogP contribution in [0.15, 0.2) is 12.1 Å². The van der Waals surface area contributed by atoms with E-state index in [0.717, 1.165) is 30.9 Å². The molecular weight excluding hydrogens is 318 g/mol. The Morgan fingerprint density at radius 3 is 2.96 bits per heavy atom. The third-order valence-corrected chi connectivity index (χ3v) is 6.96. The molecule has 1 saturated heterocycles. The highest BCUT2D eigenvalue weighted by atomic mass is 16.5. The van der Waals surface area contributed by atoms with Gasteiger partial charge in [0, 0.05) is 30.6 Å². The van der Waals surface area contributed by atoms with E-state index in [2.05, 4.69) is 18.0 Å². The lowest BCUT2D eigenvalue weighted by Crippen LogP contribution is -2.69. The van der Waals surface area contributed by atoms with Gasteiger partial charge in [0.15, 0.2) is 23.4 Å². The first-order chi connectivity index (χ1) is 12.1. The Morgan fingerprint density at radius 2 is 2.20 bits per heavy atom. The van der Waals surface area contributed by atoms with Crippen LogP contribution in [0.3, 0.4) is 0 Å². The normalized spacial score (nSPS) is 38.3. The van der Waals surface area contributed by atoms with Crippen molar-refractivity contribution >= 4 is 5.78 Å². The molecule has 4 aliphatic rings. The van der Waals surface area contributed by atoms with E-state index in [1.165, 1.54) is 11.1 Å². The second-order valence-corrected chi connectivity index (χ2v) is 7.86. The summed E-state index contributed by atoms with van der Waals surface area (Å²) in [5.41, 5.74) is 2.31. The number of rotatable bonds is 3. The van der Waals surface area contributed by atoms with E-state index in [4.69, 9.17) is 14.2 Å². The molecule has 0 amide bonds. The zero-order valence-electron chi connectivity index (χ0n) is 15.1. The molecule has 0 radical (unpaired) electrons. The van der Waals surface area contributed by atoms with Crippen LogP contribution in [-0.2, 0) is 21.4 Å². The number of methoxy groups -OCH3 is 1. The Morgan fingerprint density at radius 1 is 1.36 bits per heavy atom. The molecule has 2 bridgehead atoms. The average Bonchev–Trinajstić information content (AvgIpc) is 2.95. The van der Waals surface area contributed by atoms with Gasteiger partial charge < -0.3 is 19.1 Å². The largest absolute Gasteiger partial charge is 0.493 e. The number of carbonyl (C=O) groups is 1. The smallest absolute Gasteiger partial charge is 0.176 e. The lowest BCUT2D eigenvalue weighted by Gasteiger charge is -2.59. The topological polar surface area (TPSA) is 48.0 Å². The molecule has 5 atom stereocenters. The van der Waals surface area contributed by atoms with Crippen molar-refractivity contribution in [2.75, 3.05) is 27.3 Å². The van der Waals surface area contributed by atoms with Gasteiger partial charge in [-0.2, -0.15) is 0 Å². The van der Waals surface area contributed by atoms with Gasteiger partial charge in [-0.05, 0) is 45.0 Å². The van der Waals surface area contributed by atoms with Gasteiger partial charge in [0.1, 0.15) is 0 Å². The fourth-order valence-electron chi connectivity index (χ4n) is 6.08. The van der Waals surface area contributed by atoms with Crippen molar-refractivity contribution in [1.82, 2.24) is 4.90 Å². The molecule has 1 spiro atoms. The first-order valence-electron chi connectivity index (χ1n) is 9.33. The zero-order chi connectivity index (χ0) is 17.3. The quantitative estimate of drug-likeness (QED) is 0.840. The van der Waals surface area contributed by atoms with Crippen molar-refractivity contribution in [1.29, 1.82) is 0 Å². The minimum atomic E-state index is -0.379. The van der Waals surface area contributed by atoms with Crippen molar-refractivity contribution in [3.05, 3.63) is 23.3 Å². The molecular formula is C20H25NO4. The van der Waals surface area contributed by atoms with Crippen LogP contribution in [0.5, 0.6) is 11.5 Å². The van der Waals surface area contributed by atoms with E-state index in [0.29, 0.717) is 25.0 Å². The average molecular weight is 343 g/mol. The SMILES string of the molecule is CCO[C@H]1CC(=O)[C@@H]2Oc3c(OC)ccc4c3C23CCN(C)C(C4)C13. The van der Waals surface area contributed by atoms with Gasteiger partial charge in [0.05, 0.1) is 18.6 Å². The summed E-state index contributed by atoms with van der Waals surface area (Å²) in [6, 6.07) is 4.56. The fourth-order valence-corrected chi connectivity index (χ4v) is 6.08. The van der Waals surface area contributed by atoms with Gasteiger partial charge in [-0.3, -0.25) is 4.79 Å². The molecule has 134 valence electrons. The third-order valence-electron chi connectivity index (χ3n) is 6.96. The maximum atomic E-state index is 13.0. The third kappa shape index (κ3) is 1.78. The van der Waals surface area contributed by atoms with Crippen LogP contribution in [0.25, 0.3) is 0 Å². The molecule has 5 nitrogen and oxygen atoms in total. The van der Waals surface area contributed by atoms with Crippen LogP contribution in [0.4, 0.5) is 0 Å². The minimum Gasteiger partial charge on any atom is -0.493 e. The summed E-state index contributed by atoms with van der Waals surface area (Å²) in [7, 11) is 3.88. The fraction of sp³-hybridized carbons (Fsp3) is 0.650.